The van der Waals surface area contributed by atoms with Gasteiger partial charge >= 0.3 is 0 Å². The van der Waals surface area contributed by atoms with Gasteiger partial charge in [-0.1, -0.05) is 44.1 Å². The van der Waals surface area contributed by atoms with Crippen molar-refractivity contribution in [3.63, 3.8) is 0 Å². The molecule has 0 unspecified atom stereocenters. The number of aromatic amines is 1. The molecule has 2 amide bonds. The van der Waals surface area contributed by atoms with E-state index in [1.54, 1.807) is 24.4 Å². The zero-order valence-corrected chi connectivity index (χ0v) is 24.9. The summed E-state index contributed by atoms with van der Waals surface area (Å²) in [5.74, 6) is -0.208. The summed E-state index contributed by atoms with van der Waals surface area (Å²) < 4.78 is 20.4. The first-order chi connectivity index (χ1) is 20.5. The van der Waals surface area contributed by atoms with Crippen LogP contribution >= 0.6 is 0 Å². The van der Waals surface area contributed by atoms with Crippen molar-refractivity contribution in [2.75, 3.05) is 39.0 Å². The van der Waals surface area contributed by atoms with Crippen LogP contribution in [-0.4, -0.2) is 86.7 Å². The molecule has 1 saturated heterocycles. The molecule has 13 heteroatoms. The van der Waals surface area contributed by atoms with Crippen molar-refractivity contribution in [2.24, 2.45) is 0 Å². The number of fused-ring (bicyclic) bond motifs is 1. The van der Waals surface area contributed by atoms with E-state index in [-0.39, 0.29) is 24.3 Å². The second-order valence-electron chi connectivity index (χ2n) is 11.9. The van der Waals surface area contributed by atoms with Gasteiger partial charge in [-0.3, -0.25) is 14.7 Å². The zero-order valence-electron chi connectivity index (χ0n) is 24.9. The van der Waals surface area contributed by atoms with Crippen LogP contribution in [0.4, 0.5) is 10.2 Å². The summed E-state index contributed by atoms with van der Waals surface area (Å²) in [6.45, 7) is 7.54. The van der Waals surface area contributed by atoms with E-state index in [0.717, 1.165) is 17.4 Å². The van der Waals surface area contributed by atoms with Gasteiger partial charge in [0.1, 0.15) is 5.82 Å². The second kappa shape index (κ2) is 12.3. The Morgan fingerprint density at radius 2 is 2.07 bits per heavy atom. The molecule has 3 aromatic heterocycles. The molecule has 0 saturated carbocycles. The largest absolute Gasteiger partial charge is 0.363 e. The maximum absolute atomic E-state index is 15.3. The number of hydrogen-bond acceptors (Lipinski definition) is 9. The van der Waals surface area contributed by atoms with E-state index in [2.05, 4.69) is 36.0 Å². The predicted octanol–water partition coefficient (Wildman–Crippen LogP) is 3.51. The quantitative estimate of drug-likeness (QED) is 0.250. The average molecular weight is 590 g/mol. The number of halogens is 1. The number of nitrogens with one attached hydrogen (secondary N) is 3. The van der Waals surface area contributed by atoms with Gasteiger partial charge in [0.2, 0.25) is 11.8 Å². The molecule has 1 aliphatic rings. The number of anilines is 1. The first kappa shape index (κ1) is 29.8. The molecule has 4 aromatic rings. The maximum atomic E-state index is 15.3. The van der Waals surface area contributed by atoms with Crippen LogP contribution in [0.2, 0.25) is 0 Å². The highest BCUT2D eigenvalue weighted by Gasteiger charge is 2.27. The van der Waals surface area contributed by atoms with Gasteiger partial charge in [-0.25, -0.2) is 9.37 Å². The molecular formula is C30H36FN9O3. The standard InChI is InChI=1S/C30H36FN9O3/c1-30(2,3)29-35-27(38-43-29)28(42)33-16-19-9-8-18(15-22(19)31)21-10-12-32-25-24(21)26(37-36-25)34-20-11-14-40(17-20)23(41)7-6-13-39(4)5/h6-10,12,15,20H,11,13-14,16-17H2,1-5H3,(H,33,42)(H2,32,34,36,37)/b7-6+/t20-/m1/s1. The van der Waals surface area contributed by atoms with E-state index in [4.69, 9.17) is 4.52 Å². The number of carbonyl (C=O) groups excluding carboxylic acids is 2. The first-order valence-corrected chi connectivity index (χ1v) is 14.1. The molecule has 43 heavy (non-hydrogen) atoms. The van der Waals surface area contributed by atoms with Crippen LogP contribution in [0.5, 0.6) is 0 Å². The number of carbonyl (C=O) groups is 2. The molecule has 12 nitrogen and oxygen atoms in total. The van der Waals surface area contributed by atoms with Crippen molar-refractivity contribution in [1.82, 2.24) is 40.4 Å². The highest BCUT2D eigenvalue weighted by atomic mass is 19.1. The number of aromatic nitrogens is 5. The van der Waals surface area contributed by atoms with Gasteiger partial charge in [-0.15, -0.1) is 0 Å². The number of benzene rings is 1. The SMILES string of the molecule is CN(C)C/C=C/C(=O)N1CC[C@@H](Nc2n[nH]c3nccc(-c4ccc(CNC(=O)c5noc(C(C)(C)C)n5)c(F)c4)c23)C1. The monoisotopic (exact) mass is 589 g/mol. The Balaban J connectivity index is 1.27. The molecule has 0 bridgehead atoms. The number of rotatable bonds is 9. The van der Waals surface area contributed by atoms with E-state index in [0.29, 0.717) is 48.1 Å². The molecule has 1 fully saturated rings. The summed E-state index contributed by atoms with van der Waals surface area (Å²) in [6, 6.07) is 6.66. The van der Waals surface area contributed by atoms with E-state index in [1.807, 2.05) is 56.8 Å². The predicted molar refractivity (Wildman–Crippen MR) is 160 cm³/mol. The Labute approximate surface area is 248 Å². The highest BCUT2D eigenvalue weighted by Crippen LogP contribution is 2.33. The van der Waals surface area contributed by atoms with Gasteiger partial charge in [0.05, 0.1) is 5.39 Å². The van der Waals surface area contributed by atoms with Crippen molar-refractivity contribution in [3.05, 3.63) is 65.7 Å². The third-order valence-electron chi connectivity index (χ3n) is 7.11. The molecule has 0 aliphatic carbocycles. The summed E-state index contributed by atoms with van der Waals surface area (Å²) in [6.07, 6.45) is 5.88. The van der Waals surface area contributed by atoms with Gasteiger partial charge in [-0.05, 0) is 43.8 Å². The summed E-state index contributed by atoms with van der Waals surface area (Å²) in [7, 11) is 3.90. The Morgan fingerprint density at radius 3 is 2.79 bits per heavy atom. The summed E-state index contributed by atoms with van der Waals surface area (Å²) >= 11 is 0. The fraction of sp³-hybridized carbons (Fsp3) is 0.400. The molecular weight excluding hydrogens is 553 g/mol. The van der Waals surface area contributed by atoms with Crippen molar-refractivity contribution >= 4 is 28.7 Å². The second-order valence-corrected chi connectivity index (χ2v) is 11.9. The first-order valence-electron chi connectivity index (χ1n) is 14.1. The molecule has 1 atom stereocenters. The molecule has 0 spiro atoms. The smallest absolute Gasteiger partial charge is 0.292 e. The van der Waals surface area contributed by atoms with Crippen LogP contribution in [0.25, 0.3) is 22.2 Å². The highest BCUT2D eigenvalue weighted by molar-refractivity contribution is 6.00. The van der Waals surface area contributed by atoms with E-state index < -0.39 is 17.1 Å². The van der Waals surface area contributed by atoms with Gasteiger partial charge in [0.25, 0.3) is 11.7 Å². The molecule has 0 radical (unpaired) electrons. The minimum atomic E-state index is -0.551. The van der Waals surface area contributed by atoms with Gasteiger partial charge in [0.15, 0.2) is 11.5 Å². The lowest BCUT2D eigenvalue weighted by atomic mass is 9.97. The summed E-state index contributed by atoms with van der Waals surface area (Å²) in [4.78, 5) is 37.4. The number of hydrogen-bond donors (Lipinski definition) is 3. The van der Waals surface area contributed by atoms with E-state index in [1.165, 1.54) is 6.07 Å². The molecule has 226 valence electrons. The normalized spacial score (nSPS) is 15.6. The average Bonchev–Trinajstić information content (AvgIpc) is 3.72. The molecule has 1 aromatic carbocycles. The third kappa shape index (κ3) is 6.88. The lowest BCUT2D eigenvalue weighted by Crippen LogP contribution is -2.30. The minimum absolute atomic E-state index is 0.00663. The molecule has 3 N–H and O–H groups in total. The number of nitrogens with zero attached hydrogens (tertiary/aromatic N) is 6. The summed E-state index contributed by atoms with van der Waals surface area (Å²) in [5.41, 5.74) is 1.85. The fourth-order valence-corrected chi connectivity index (χ4v) is 4.77. The fourth-order valence-electron chi connectivity index (χ4n) is 4.77. The van der Waals surface area contributed by atoms with Crippen LogP contribution < -0.4 is 10.6 Å². The lowest BCUT2D eigenvalue weighted by molar-refractivity contribution is -0.125. The minimum Gasteiger partial charge on any atom is -0.363 e. The topological polar surface area (TPSA) is 145 Å². The number of likely N-dealkylation sites (tertiary alicyclic amines) is 1. The van der Waals surface area contributed by atoms with E-state index in [9.17, 15) is 9.59 Å². The molecule has 5 rings (SSSR count). The number of H-pyrrole nitrogens is 1. The third-order valence-corrected chi connectivity index (χ3v) is 7.11. The Hall–Kier alpha value is -4.65. The Kier molecular flexibility index (Phi) is 8.53. The van der Waals surface area contributed by atoms with Gasteiger partial charge < -0.3 is 25.0 Å². The molecule has 4 heterocycles. The Bertz CT molecular complexity index is 1650. The lowest BCUT2D eigenvalue weighted by Gasteiger charge is -2.16. The maximum Gasteiger partial charge on any atom is 0.292 e. The van der Waals surface area contributed by atoms with Gasteiger partial charge in [0, 0.05) is 55.5 Å². The molecule has 1 aliphatic heterocycles. The van der Waals surface area contributed by atoms with Crippen LogP contribution in [-0.2, 0) is 16.8 Å². The van der Waals surface area contributed by atoms with Crippen molar-refractivity contribution in [3.8, 4) is 11.1 Å². The zero-order chi connectivity index (χ0) is 30.7. The van der Waals surface area contributed by atoms with Gasteiger partial charge in [-0.2, -0.15) is 10.1 Å². The van der Waals surface area contributed by atoms with Crippen molar-refractivity contribution in [1.29, 1.82) is 0 Å². The van der Waals surface area contributed by atoms with Crippen LogP contribution in [0.1, 0.15) is 49.3 Å². The van der Waals surface area contributed by atoms with Crippen molar-refractivity contribution < 1.29 is 18.5 Å². The van der Waals surface area contributed by atoms with Crippen LogP contribution in [0.3, 0.4) is 0 Å². The number of pyridine rings is 1. The van der Waals surface area contributed by atoms with Crippen LogP contribution in [0, 0.1) is 5.82 Å². The van der Waals surface area contributed by atoms with E-state index >= 15 is 4.39 Å². The summed E-state index contributed by atoms with van der Waals surface area (Å²) in [5, 5.41) is 17.9. The van der Waals surface area contributed by atoms with Crippen molar-refractivity contribution in [2.45, 2.75) is 45.2 Å². The number of amides is 2. The number of likely N-dealkylation sites (N-methyl/N-ethyl adjacent to an activating group) is 1. The van der Waals surface area contributed by atoms with Crippen LogP contribution in [0.15, 0.2) is 47.1 Å². The Morgan fingerprint density at radius 1 is 1.26 bits per heavy atom.